The van der Waals surface area contributed by atoms with Crippen LogP contribution in [0, 0.1) is 19.7 Å². The van der Waals surface area contributed by atoms with Crippen LogP contribution in [0.2, 0.25) is 0 Å². The number of aliphatic hydroxyl groups excluding tert-OH is 1. The molecule has 2 heterocycles. The van der Waals surface area contributed by atoms with Gasteiger partial charge in [-0.25, -0.2) is 4.39 Å². The molecule has 1 amide bonds. The number of halogens is 1. The van der Waals surface area contributed by atoms with Gasteiger partial charge >= 0.3 is 0 Å². The first-order valence-electron chi connectivity index (χ1n) is 9.06. The third-order valence-electron chi connectivity index (χ3n) is 5.21. The van der Waals surface area contributed by atoms with Gasteiger partial charge in [0.1, 0.15) is 17.6 Å². The number of carbonyl (C=O) groups is 2. The van der Waals surface area contributed by atoms with E-state index >= 15 is 0 Å². The summed E-state index contributed by atoms with van der Waals surface area (Å²) in [6, 6.07) is 13.7. The van der Waals surface area contributed by atoms with E-state index in [1.807, 2.05) is 43.5 Å². The Morgan fingerprint density at radius 1 is 1.03 bits per heavy atom. The summed E-state index contributed by atoms with van der Waals surface area (Å²) in [4.78, 5) is 28.3. The lowest BCUT2D eigenvalue weighted by Gasteiger charge is -2.26. The quantitative estimate of drug-likeness (QED) is 0.372. The summed E-state index contributed by atoms with van der Waals surface area (Å²) in [5, 5.41) is 12.8. The lowest BCUT2D eigenvalue weighted by molar-refractivity contribution is -0.132. The minimum atomic E-state index is -0.758. The molecule has 1 saturated heterocycles. The van der Waals surface area contributed by atoms with E-state index in [-0.39, 0.29) is 16.9 Å². The SMILES string of the molecule is Cc1cccc(N2C(=O)C(=O)/C(=C(\O)c3ccc(F)cc3)C2c2cccs2)c1C. The molecule has 1 atom stereocenters. The van der Waals surface area contributed by atoms with E-state index in [1.165, 1.54) is 40.5 Å². The van der Waals surface area contributed by atoms with Gasteiger partial charge in [-0.1, -0.05) is 18.2 Å². The molecule has 146 valence electrons. The van der Waals surface area contributed by atoms with Crippen molar-refractivity contribution >= 4 is 34.5 Å². The van der Waals surface area contributed by atoms with E-state index < -0.39 is 23.5 Å². The summed E-state index contributed by atoms with van der Waals surface area (Å²) in [7, 11) is 0. The predicted octanol–water partition coefficient (Wildman–Crippen LogP) is 5.13. The minimum absolute atomic E-state index is 0.00460. The van der Waals surface area contributed by atoms with Crippen LogP contribution in [0.25, 0.3) is 5.76 Å². The van der Waals surface area contributed by atoms with Crippen molar-refractivity contribution < 1.29 is 19.1 Å². The van der Waals surface area contributed by atoms with E-state index in [4.69, 9.17) is 0 Å². The highest BCUT2D eigenvalue weighted by Gasteiger charge is 2.47. The average molecular weight is 407 g/mol. The molecule has 6 heteroatoms. The molecule has 4 rings (SSSR count). The summed E-state index contributed by atoms with van der Waals surface area (Å²) < 4.78 is 13.3. The number of carbonyl (C=O) groups excluding carboxylic acids is 2. The van der Waals surface area contributed by atoms with Crippen molar-refractivity contribution in [2.45, 2.75) is 19.9 Å². The normalized spacial score (nSPS) is 18.4. The molecule has 4 nitrogen and oxygen atoms in total. The number of rotatable bonds is 3. The van der Waals surface area contributed by atoms with Gasteiger partial charge in [0.15, 0.2) is 0 Å². The number of aliphatic hydroxyl groups is 1. The van der Waals surface area contributed by atoms with Crippen LogP contribution in [0.3, 0.4) is 0 Å². The minimum Gasteiger partial charge on any atom is -0.507 e. The largest absolute Gasteiger partial charge is 0.507 e. The fourth-order valence-corrected chi connectivity index (χ4v) is 4.38. The molecule has 1 N–H and O–H groups in total. The second kappa shape index (κ2) is 7.29. The van der Waals surface area contributed by atoms with E-state index in [2.05, 4.69) is 0 Å². The molecule has 1 aliphatic heterocycles. The van der Waals surface area contributed by atoms with Crippen LogP contribution in [0.1, 0.15) is 27.6 Å². The van der Waals surface area contributed by atoms with Gasteiger partial charge in [-0.2, -0.15) is 0 Å². The number of aryl methyl sites for hydroxylation is 1. The molecule has 0 aliphatic carbocycles. The number of thiophene rings is 1. The van der Waals surface area contributed by atoms with Gasteiger partial charge in [-0.05, 0) is 66.8 Å². The zero-order valence-electron chi connectivity index (χ0n) is 15.8. The Morgan fingerprint density at radius 3 is 2.41 bits per heavy atom. The summed E-state index contributed by atoms with van der Waals surface area (Å²) in [6.07, 6.45) is 0. The number of benzene rings is 2. The smallest absolute Gasteiger partial charge is 0.300 e. The molecular formula is C23H18FNO3S. The highest BCUT2D eigenvalue weighted by molar-refractivity contribution is 7.10. The first-order chi connectivity index (χ1) is 13.9. The van der Waals surface area contributed by atoms with Crippen LogP contribution in [0.5, 0.6) is 0 Å². The number of ketones is 1. The Labute approximate surface area is 171 Å². The van der Waals surface area contributed by atoms with Crippen molar-refractivity contribution in [3.05, 3.63) is 92.9 Å². The molecule has 1 fully saturated rings. The monoisotopic (exact) mass is 407 g/mol. The molecule has 1 aromatic heterocycles. The van der Waals surface area contributed by atoms with Crippen LogP contribution < -0.4 is 4.90 Å². The van der Waals surface area contributed by atoms with Gasteiger partial charge in [0.2, 0.25) is 0 Å². The first kappa shape index (κ1) is 19.1. The van der Waals surface area contributed by atoms with Gasteiger partial charge < -0.3 is 5.11 Å². The van der Waals surface area contributed by atoms with Crippen molar-refractivity contribution in [1.82, 2.24) is 0 Å². The Morgan fingerprint density at radius 2 is 1.76 bits per heavy atom. The number of hydrogen-bond acceptors (Lipinski definition) is 4. The van der Waals surface area contributed by atoms with Gasteiger partial charge in [-0.15, -0.1) is 11.3 Å². The zero-order valence-corrected chi connectivity index (χ0v) is 16.7. The highest BCUT2D eigenvalue weighted by Crippen LogP contribution is 2.44. The van der Waals surface area contributed by atoms with Crippen molar-refractivity contribution in [3.63, 3.8) is 0 Å². The molecule has 1 aliphatic rings. The Hall–Kier alpha value is -3.25. The predicted molar refractivity (Wildman–Crippen MR) is 111 cm³/mol. The van der Waals surface area contributed by atoms with Gasteiger partial charge in [0.25, 0.3) is 11.7 Å². The van der Waals surface area contributed by atoms with Crippen molar-refractivity contribution in [1.29, 1.82) is 0 Å². The summed E-state index contributed by atoms with van der Waals surface area (Å²) in [6.45, 7) is 3.84. The lowest BCUT2D eigenvalue weighted by atomic mass is 9.99. The maximum Gasteiger partial charge on any atom is 0.300 e. The van der Waals surface area contributed by atoms with Crippen LogP contribution in [-0.2, 0) is 9.59 Å². The Kier molecular flexibility index (Phi) is 4.80. The molecular weight excluding hydrogens is 389 g/mol. The fourth-order valence-electron chi connectivity index (χ4n) is 3.56. The standard InChI is InChI=1S/C23H18FNO3S/c1-13-5-3-6-17(14(13)2)25-20(18-7-4-12-29-18)19(22(27)23(25)28)21(26)15-8-10-16(24)11-9-15/h3-12,20,26H,1-2H3/b21-19-. The summed E-state index contributed by atoms with van der Waals surface area (Å²) in [5.74, 6) is -2.21. The third-order valence-corrected chi connectivity index (χ3v) is 6.14. The number of hydrogen-bond donors (Lipinski definition) is 1. The van der Waals surface area contributed by atoms with Crippen LogP contribution >= 0.6 is 11.3 Å². The van der Waals surface area contributed by atoms with Crippen molar-refractivity contribution in [2.75, 3.05) is 4.90 Å². The second-order valence-corrected chi connectivity index (χ2v) is 7.89. The molecule has 0 saturated carbocycles. The topological polar surface area (TPSA) is 57.6 Å². The van der Waals surface area contributed by atoms with Crippen LogP contribution in [-0.4, -0.2) is 16.8 Å². The molecule has 3 aromatic rings. The maximum atomic E-state index is 13.3. The average Bonchev–Trinajstić information content (AvgIpc) is 3.32. The van der Waals surface area contributed by atoms with Crippen LogP contribution in [0.15, 0.2) is 65.6 Å². The highest BCUT2D eigenvalue weighted by atomic mass is 32.1. The Bertz CT molecular complexity index is 1130. The summed E-state index contributed by atoms with van der Waals surface area (Å²) >= 11 is 1.40. The molecule has 29 heavy (non-hydrogen) atoms. The lowest BCUT2D eigenvalue weighted by Crippen LogP contribution is -2.29. The van der Waals surface area contributed by atoms with E-state index in [9.17, 15) is 19.1 Å². The number of nitrogens with zero attached hydrogens (tertiary/aromatic N) is 1. The van der Waals surface area contributed by atoms with Gasteiger partial charge in [0, 0.05) is 16.1 Å². The van der Waals surface area contributed by atoms with Crippen LogP contribution in [0.4, 0.5) is 10.1 Å². The molecule has 0 spiro atoms. The van der Waals surface area contributed by atoms with Crippen molar-refractivity contribution in [3.8, 4) is 0 Å². The summed E-state index contributed by atoms with van der Waals surface area (Å²) in [5.41, 5.74) is 2.80. The molecule has 0 bridgehead atoms. The Balaban J connectivity index is 1.95. The third kappa shape index (κ3) is 3.15. The number of Topliss-reactive ketones (excluding diaryl/α,β-unsaturated/α-hetero) is 1. The number of amides is 1. The van der Waals surface area contributed by atoms with Crippen molar-refractivity contribution in [2.24, 2.45) is 0 Å². The molecule has 0 radical (unpaired) electrons. The van der Waals surface area contributed by atoms with E-state index in [0.717, 1.165) is 16.0 Å². The van der Waals surface area contributed by atoms with E-state index in [1.54, 1.807) is 6.07 Å². The molecule has 2 aromatic carbocycles. The number of anilines is 1. The maximum absolute atomic E-state index is 13.3. The fraction of sp³-hybridized carbons (Fsp3) is 0.130. The zero-order chi connectivity index (χ0) is 20.7. The van der Waals surface area contributed by atoms with Gasteiger partial charge in [0.05, 0.1) is 5.57 Å². The van der Waals surface area contributed by atoms with E-state index in [0.29, 0.717) is 5.69 Å². The first-order valence-corrected chi connectivity index (χ1v) is 9.94. The van der Waals surface area contributed by atoms with Gasteiger partial charge in [-0.3, -0.25) is 14.5 Å². The second-order valence-electron chi connectivity index (χ2n) is 6.91. The molecule has 1 unspecified atom stereocenters.